The first-order valence-corrected chi connectivity index (χ1v) is 9.93. The lowest BCUT2D eigenvalue weighted by Crippen LogP contribution is -2.28. The number of amides is 1. The number of nitrogens with zero attached hydrogens (tertiary/aromatic N) is 4. The quantitative estimate of drug-likeness (QED) is 0.712. The summed E-state index contributed by atoms with van der Waals surface area (Å²) < 4.78 is 3.30. The molecular formula is C22H29N5O2. The van der Waals surface area contributed by atoms with Crippen molar-refractivity contribution in [3.63, 3.8) is 0 Å². The maximum atomic E-state index is 12.9. The minimum atomic E-state index is -0.273. The number of benzene rings is 1. The van der Waals surface area contributed by atoms with Gasteiger partial charge >= 0.3 is 0 Å². The lowest BCUT2D eigenvalue weighted by atomic mass is 10.0. The van der Waals surface area contributed by atoms with E-state index in [1.165, 1.54) is 5.56 Å². The summed E-state index contributed by atoms with van der Waals surface area (Å²) in [7, 11) is 0. The van der Waals surface area contributed by atoms with E-state index in [1.54, 1.807) is 22.4 Å². The molecule has 7 heteroatoms. The van der Waals surface area contributed by atoms with E-state index in [9.17, 15) is 9.59 Å². The van der Waals surface area contributed by atoms with E-state index in [-0.39, 0.29) is 30.0 Å². The molecule has 29 heavy (non-hydrogen) atoms. The molecule has 1 amide bonds. The van der Waals surface area contributed by atoms with Gasteiger partial charge in [0.05, 0.1) is 11.7 Å². The Hall–Kier alpha value is -2.96. The molecule has 0 atom stereocenters. The van der Waals surface area contributed by atoms with Gasteiger partial charge in [-0.25, -0.2) is 9.67 Å². The molecule has 0 saturated heterocycles. The van der Waals surface area contributed by atoms with E-state index >= 15 is 0 Å². The van der Waals surface area contributed by atoms with Crippen molar-refractivity contribution < 1.29 is 4.79 Å². The lowest BCUT2D eigenvalue weighted by molar-refractivity contribution is -0.116. The Balaban J connectivity index is 1.75. The molecule has 2 heterocycles. The molecule has 0 aliphatic rings. The SMILES string of the molecule is Cc1nc2c(cnn2C(C)(C)C)c(=O)n1CCC(=O)Nc1ccc(C(C)C)cc1. The minimum absolute atomic E-state index is 0.140. The molecule has 0 saturated carbocycles. The van der Waals surface area contributed by atoms with Crippen molar-refractivity contribution >= 4 is 22.6 Å². The van der Waals surface area contributed by atoms with Gasteiger partial charge in [0, 0.05) is 18.7 Å². The monoisotopic (exact) mass is 395 g/mol. The van der Waals surface area contributed by atoms with Crippen LogP contribution in [0.25, 0.3) is 11.0 Å². The molecule has 0 aliphatic heterocycles. The average molecular weight is 396 g/mol. The Labute approximate surface area is 170 Å². The molecule has 0 radical (unpaired) electrons. The van der Waals surface area contributed by atoms with Crippen LogP contribution in [0.4, 0.5) is 5.69 Å². The highest BCUT2D eigenvalue weighted by molar-refractivity contribution is 5.90. The number of hydrogen-bond donors (Lipinski definition) is 1. The number of carbonyl (C=O) groups is 1. The number of hydrogen-bond acceptors (Lipinski definition) is 4. The fourth-order valence-electron chi connectivity index (χ4n) is 3.25. The summed E-state index contributed by atoms with van der Waals surface area (Å²) >= 11 is 0. The summed E-state index contributed by atoms with van der Waals surface area (Å²) in [5.41, 5.74) is 2.11. The summed E-state index contributed by atoms with van der Waals surface area (Å²) in [5, 5.41) is 7.70. The zero-order valence-electron chi connectivity index (χ0n) is 18.0. The smallest absolute Gasteiger partial charge is 0.264 e. The first kappa shape index (κ1) is 20.8. The summed E-state index contributed by atoms with van der Waals surface area (Å²) in [6, 6.07) is 7.83. The summed E-state index contributed by atoms with van der Waals surface area (Å²) in [4.78, 5) is 29.8. The van der Waals surface area contributed by atoms with E-state index in [0.29, 0.717) is 22.8 Å². The van der Waals surface area contributed by atoms with Crippen molar-refractivity contribution in [2.75, 3.05) is 5.32 Å². The van der Waals surface area contributed by atoms with Gasteiger partial charge in [-0.15, -0.1) is 0 Å². The number of aromatic nitrogens is 4. The number of fused-ring (bicyclic) bond motifs is 1. The second kappa shape index (κ2) is 7.81. The third-order valence-electron chi connectivity index (χ3n) is 4.94. The predicted octanol–water partition coefficient (Wildman–Crippen LogP) is 3.81. The van der Waals surface area contributed by atoms with Crippen LogP contribution in [0.5, 0.6) is 0 Å². The zero-order valence-corrected chi connectivity index (χ0v) is 18.0. The van der Waals surface area contributed by atoms with E-state index < -0.39 is 0 Å². The van der Waals surface area contributed by atoms with Crippen molar-refractivity contribution in [2.24, 2.45) is 0 Å². The highest BCUT2D eigenvalue weighted by Crippen LogP contribution is 2.19. The summed E-state index contributed by atoms with van der Waals surface area (Å²) in [5.74, 6) is 0.876. The van der Waals surface area contributed by atoms with Gasteiger partial charge in [0.25, 0.3) is 5.56 Å². The number of rotatable bonds is 5. The Morgan fingerprint density at radius 2 is 1.83 bits per heavy atom. The first-order valence-electron chi connectivity index (χ1n) is 9.93. The summed E-state index contributed by atoms with van der Waals surface area (Å²) in [6.07, 6.45) is 1.75. The maximum Gasteiger partial charge on any atom is 0.264 e. The average Bonchev–Trinajstić information content (AvgIpc) is 3.06. The molecule has 0 spiro atoms. The van der Waals surface area contributed by atoms with Crippen LogP contribution in [0.15, 0.2) is 35.3 Å². The Kier molecular flexibility index (Phi) is 5.59. The molecule has 7 nitrogen and oxygen atoms in total. The fourth-order valence-corrected chi connectivity index (χ4v) is 3.25. The molecule has 3 rings (SSSR count). The zero-order chi connectivity index (χ0) is 21.3. The van der Waals surface area contributed by atoms with Crippen molar-refractivity contribution in [3.8, 4) is 0 Å². The van der Waals surface area contributed by atoms with Crippen LogP contribution >= 0.6 is 0 Å². The van der Waals surface area contributed by atoms with Gasteiger partial charge in [0.2, 0.25) is 5.91 Å². The van der Waals surface area contributed by atoms with Crippen molar-refractivity contribution in [1.29, 1.82) is 0 Å². The van der Waals surface area contributed by atoms with Gasteiger partial charge in [-0.05, 0) is 51.3 Å². The normalized spacial score (nSPS) is 12.0. The molecule has 0 bridgehead atoms. The summed E-state index contributed by atoms with van der Waals surface area (Å²) in [6.45, 7) is 12.3. The molecule has 3 aromatic rings. The highest BCUT2D eigenvalue weighted by Gasteiger charge is 2.21. The maximum absolute atomic E-state index is 12.9. The van der Waals surface area contributed by atoms with Crippen LogP contribution in [-0.4, -0.2) is 25.2 Å². The molecule has 154 valence electrons. The first-order chi connectivity index (χ1) is 13.6. The Bertz CT molecular complexity index is 1090. The minimum Gasteiger partial charge on any atom is -0.326 e. The molecule has 1 N–H and O–H groups in total. The van der Waals surface area contributed by atoms with Gasteiger partial charge in [-0.3, -0.25) is 14.2 Å². The lowest BCUT2D eigenvalue weighted by Gasteiger charge is -2.20. The number of nitrogens with one attached hydrogen (secondary N) is 1. The molecule has 0 aliphatic carbocycles. The highest BCUT2D eigenvalue weighted by atomic mass is 16.2. The van der Waals surface area contributed by atoms with Gasteiger partial charge < -0.3 is 5.32 Å². The van der Waals surface area contributed by atoms with Crippen molar-refractivity contribution in [1.82, 2.24) is 19.3 Å². The van der Waals surface area contributed by atoms with Crippen molar-refractivity contribution in [3.05, 3.63) is 52.2 Å². The second-order valence-electron chi connectivity index (χ2n) is 8.66. The van der Waals surface area contributed by atoms with Crippen LogP contribution in [0, 0.1) is 6.92 Å². The van der Waals surface area contributed by atoms with Crippen LogP contribution < -0.4 is 10.9 Å². The topological polar surface area (TPSA) is 81.8 Å². The van der Waals surface area contributed by atoms with E-state index in [2.05, 4.69) is 29.2 Å². The second-order valence-corrected chi connectivity index (χ2v) is 8.66. The van der Waals surface area contributed by atoms with Gasteiger partial charge in [-0.1, -0.05) is 26.0 Å². The van der Waals surface area contributed by atoms with Gasteiger partial charge in [-0.2, -0.15) is 5.10 Å². The number of aryl methyl sites for hydroxylation is 1. The third-order valence-corrected chi connectivity index (χ3v) is 4.94. The molecule has 0 fully saturated rings. The van der Waals surface area contributed by atoms with Crippen LogP contribution in [0.3, 0.4) is 0 Å². The Morgan fingerprint density at radius 3 is 2.41 bits per heavy atom. The van der Waals surface area contributed by atoms with Crippen molar-refractivity contribution in [2.45, 2.75) is 66.0 Å². The molecule has 2 aromatic heterocycles. The molecule has 0 unspecified atom stereocenters. The van der Waals surface area contributed by atoms with Crippen LogP contribution in [0.1, 0.15) is 58.3 Å². The van der Waals surface area contributed by atoms with Gasteiger partial charge in [0.15, 0.2) is 5.65 Å². The molecular weight excluding hydrogens is 366 g/mol. The van der Waals surface area contributed by atoms with E-state index in [0.717, 1.165) is 5.69 Å². The van der Waals surface area contributed by atoms with Crippen LogP contribution in [0.2, 0.25) is 0 Å². The fraction of sp³-hybridized carbons (Fsp3) is 0.455. The largest absolute Gasteiger partial charge is 0.326 e. The molecule has 1 aromatic carbocycles. The van der Waals surface area contributed by atoms with E-state index in [4.69, 9.17) is 0 Å². The van der Waals surface area contributed by atoms with Crippen LogP contribution in [-0.2, 0) is 16.9 Å². The predicted molar refractivity (Wildman–Crippen MR) is 115 cm³/mol. The Morgan fingerprint density at radius 1 is 1.17 bits per heavy atom. The third kappa shape index (κ3) is 4.39. The number of carbonyl (C=O) groups excluding carboxylic acids is 1. The van der Waals surface area contributed by atoms with E-state index in [1.807, 2.05) is 45.0 Å². The number of anilines is 1. The standard InChI is InChI=1S/C22H29N5O2/c1-14(2)16-7-9-17(10-8-16)25-19(28)11-12-26-15(3)24-20-18(21(26)29)13-23-27(20)22(4,5)6/h7-10,13-14H,11-12H2,1-6H3,(H,25,28). The van der Waals surface area contributed by atoms with Gasteiger partial charge in [0.1, 0.15) is 11.2 Å².